The molecule has 1 N–H and O–H groups in total. The van der Waals surface area contributed by atoms with Crippen LogP contribution in [0.5, 0.6) is 0 Å². The molecule has 4 heteroatoms. The number of nitrogens with zero attached hydrogens (tertiary/aromatic N) is 2. The van der Waals surface area contributed by atoms with Gasteiger partial charge in [-0.25, -0.2) is 4.39 Å². The largest absolute Gasteiger partial charge is 0.389 e. The Kier molecular flexibility index (Phi) is 4.77. The van der Waals surface area contributed by atoms with Crippen LogP contribution in [0.4, 0.5) is 10.1 Å². The van der Waals surface area contributed by atoms with E-state index >= 15 is 0 Å². The highest BCUT2D eigenvalue weighted by Gasteiger charge is 2.17. The van der Waals surface area contributed by atoms with Crippen LogP contribution in [0, 0.1) is 5.82 Å². The summed E-state index contributed by atoms with van der Waals surface area (Å²) in [5.74, 6) is -0.262. The molecule has 106 valence electrons. The Balaban J connectivity index is 2.06. The van der Waals surface area contributed by atoms with Gasteiger partial charge < -0.3 is 14.9 Å². The molecule has 0 aromatic heterocycles. The molecular weight excluding hydrogens is 243 g/mol. The molecule has 2 rings (SSSR count). The van der Waals surface area contributed by atoms with E-state index in [0.717, 1.165) is 26.2 Å². The third-order valence-electron chi connectivity index (χ3n) is 3.80. The van der Waals surface area contributed by atoms with Crippen molar-refractivity contribution < 1.29 is 9.50 Å². The molecule has 1 aromatic rings. The lowest BCUT2D eigenvalue weighted by Gasteiger charge is -2.26. The number of halogens is 1. The number of anilines is 1. The first-order chi connectivity index (χ1) is 9.09. The number of hydrogen-bond donors (Lipinski definition) is 1. The Morgan fingerprint density at radius 1 is 1.37 bits per heavy atom. The van der Waals surface area contributed by atoms with Crippen LogP contribution in [0.1, 0.15) is 31.4 Å². The van der Waals surface area contributed by atoms with Crippen LogP contribution in [-0.2, 0) is 0 Å². The number of likely N-dealkylation sites (N-methyl/N-ethyl adjacent to an activating group) is 1. The number of para-hydroxylation sites is 1. The van der Waals surface area contributed by atoms with Crippen molar-refractivity contribution in [1.82, 2.24) is 4.90 Å². The van der Waals surface area contributed by atoms with Crippen molar-refractivity contribution in [3.63, 3.8) is 0 Å². The summed E-state index contributed by atoms with van der Waals surface area (Å²) in [5, 5.41) is 9.75. The average molecular weight is 266 g/mol. The van der Waals surface area contributed by atoms with Gasteiger partial charge in [0.25, 0.3) is 0 Å². The second kappa shape index (κ2) is 6.35. The molecule has 1 aliphatic rings. The van der Waals surface area contributed by atoms with Crippen molar-refractivity contribution in [3.8, 4) is 0 Å². The first kappa shape index (κ1) is 14.3. The predicted molar refractivity (Wildman–Crippen MR) is 76.0 cm³/mol. The summed E-state index contributed by atoms with van der Waals surface area (Å²) >= 11 is 0. The smallest absolute Gasteiger partial charge is 0.146 e. The van der Waals surface area contributed by atoms with E-state index in [0.29, 0.717) is 11.3 Å². The number of hydrogen-bond acceptors (Lipinski definition) is 3. The first-order valence-electron chi connectivity index (χ1n) is 6.99. The Morgan fingerprint density at radius 3 is 2.68 bits per heavy atom. The normalized spacial score (nSPS) is 17.7. The summed E-state index contributed by atoms with van der Waals surface area (Å²) in [4.78, 5) is 4.31. The van der Waals surface area contributed by atoms with Crippen molar-refractivity contribution in [2.75, 3.05) is 38.1 Å². The van der Waals surface area contributed by atoms with Crippen LogP contribution in [0.15, 0.2) is 18.2 Å². The number of benzene rings is 1. The van der Waals surface area contributed by atoms with Crippen LogP contribution in [-0.4, -0.2) is 43.2 Å². The van der Waals surface area contributed by atoms with Crippen LogP contribution in [0.2, 0.25) is 0 Å². The van der Waals surface area contributed by atoms with Crippen molar-refractivity contribution in [2.45, 2.75) is 25.9 Å². The van der Waals surface area contributed by atoms with Crippen LogP contribution in [0.25, 0.3) is 0 Å². The van der Waals surface area contributed by atoms with Gasteiger partial charge in [-0.05, 0) is 38.9 Å². The van der Waals surface area contributed by atoms with E-state index in [1.165, 1.54) is 18.9 Å². The highest BCUT2D eigenvalue weighted by Crippen LogP contribution is 2.28. The summed E-state index contributed by atoms with van der Waals surface area (Å²) in [6.45, 7) is 5.69. The highest BCUT2D eigenvalue weighted by molar-refractivity contribution is 5.55. The molecule has 3 nitrogen and oxygen atoms in total. The van der Waals surface area contributed by atoms with Gasteiger partial charge in [0.05, 0.1) is 11.8 Å². The maximum absolute atomic E-state index is 14.0. The zero-order valence-corrected chi connectivity index (χ0v) is 11.8. The van der Waals surface area contributed by atoms with Gasteiger partial charge in [0.2, 0.25) is 0 Å². The maximum Gasteiger partial charge on any atom is 0.146 e. The fourth-order valence-electron chi connectivity index (χ4n) is 2.68. The van der Waals surface area contributed by atoms with Gasteiger partial charge in [-0.15, -0.1) is 0 Å². The standard InChI is InChI=1S/C15H23FN2O/c1-12(19)13-6-5-7-14(16)15(13)17(2)10-11-18-8-3-4-9-18/h5-7,12,19H,3-4,8-11H2,1-2H3/t12-/m0/s1. The third kappa shape index (κ3) is 3.45. The van der Waals surface area contributed by atoms with Crippen molar-refractivity contribution in [2.24, 2.45) is 0 Å². The lowest BCUT2D eigenvalue weighted by atomic mass is 10.1. The van der Waals surface area contributed by atoms with E-state index < -0.39 is 6.10 Å². The molecule has 1 aliphatic heterocycles. The van der Waals surface area contributed by atoms with E-state index in [9.17, 15) is 9.50 Å². The molecule has 1 saturated heterocycles. The molecule has 0 aliphatic carbocycles. The van der Waals surface area contributed by atoms with E-state index in [4.69, 9.17) is 0 Å². The van der Waals surface area contributed by atoms with Crippen molar-refractivity contribution in [1.29, 1.82) is 0 Å². The topological polar surface area (TPSA) is 26.7 Å². The number of likely N-dealkylation sites (tertiary alicyclic amines) is 1. The SMILES string of the molecule is C[C@H](O)c1cccc(F)c1N(C)CCN1CCCC1. The molecule has 0 amide bonds. The fraction of sp³-hybridized carbons (Fsp3) is 0.600. The molecule has 0 saturated carbocycles. The van der Waals surface area contributed by atoms with E-state index in [2.05, 4.69) is 4.90 Å². The Bertz CT molecular complexity index is 417. The third-order valence-corrected chi connectivity index (χ3v) is 3.80. The zero-order chi connectivity index (χ0) is 13.8. The summed E-state index contributed by atoms with van der Waals surface area (Å²) in [7, 11) is 1.89. The minimum atomic E-state index is -0.653. The van der Waals surface area contributed by atoms with Gasteiger partial charge in [-0.3, -0.25) is 0 Å². The van der Waals surface area contributed by atoms with Crippen molar-refractivity contribution in [3.05, 3.63) is 29.6 Å². The zero-order valence-electron chi connectivity index (χ0n) is 11.8. The van der Waals surface area contributed by atoms with Crippen LogP contribution in [0.3, 0.4) is 0 Å². The molecule has 1 fully saturated rings. The van der Waals surface area contributed by atoms with Gasteiger partial charge >= 0.3 is 0 Å². The second-order valence-corrected chi connectivity index (χ2v) is 5.32. The minimum Gasteiger partial charge on any atom is -0.389 e. The average Bonchev–Trinajstić information content (AvgIpc) is 2.88. The summed E-state index contributed by atoms with van der Waals surface area (Å²) in [6.07, 6.45) is 1.88. The molecule has 1 aromatic carbocycles. The summed E-state index contributed by atoms with van der Waals surface area (Å²) in [5.41, 5.74) is 1.18. The van der Waals surface area contributed by atoms with Gasteiger partial charge in [-0.1, -0.05) is 12.1 Å². The number of rotatable bonds is 5. The van der Waals surface area contributed by atoms with Crippen LogP contribution >= 0.6 is 0 Å². The van der Waals surface area contributed by atoms with E-state index in [1.54, 1.807) is 19.1 Å². The summed E-state index contributed by atoms with van der Waals surface area (Å²) < 4.78 is 14.0. The monoisotopic (exact) mass is 266 g/mol. The van der Waals surface area contributed by atoms with E-state index in [1.807, 2.05) is 11.9 Å². The molecule has 0 unspecified atom stereocenters. The maximum atomic E-state index is 14.0. The highest BCUT2D eigenvalue weighted by atomic mass is 19.1. The van der Waals surface area contributed by atoms with Gasteiger partial charge in [0, 0.05) is 25.7 Å². The Hall–Kier alpha value is -1.13. The molecule has 19 heavy (non-hydrogen) atoms. The van der Waals surface area contributed by atoms with Crippen molar-refractivity contribution >= 4 is 5.69 Å². The van der Waals surface area contributed by atoms with Gasteiger partial charge in [0.1, 0.15) is 5.82 Å². The first-order valence-corrected chi connectivity index (χ1v) is 6.99. The lowest BCUT2D eigenvalue weighted by Crippen LogP contribution is -2.32. The van der Waals surface area contributed by atoms with Crippen LogP contribution < -0.4 is 4.90 Å². The predicted octanol–water partition coefficient (Wildman–Crippen LogP) is 2.41. The Labute approximate surface area is 114 Å². The molecule has 1 atom stereocenters. The lowest BCUT2D eigenvalue weighted by molar-refractivity contribution is 0.199. The number of aliphatic hydroxyl groups excluding tert-OH is 1. The summed E-state index contributed by atoms with van der Waals surface area (Å²) in [6, 6.07) is 4.89. The van der Waals surface area contributed by atoms with E-state index in [-0.39, 0.29) is 5.82 Å². The minimum absolute atomic E-state index is 0.262. The Morgan fingerprint density at radius 2 is 2.05 bits per heavy atom. The molecular formula is C15H23FN2O. The molecule has 0 bridgehead atoms. The second-order valence-electron chi connectivity index (χ2n) is 5.32. The molecule has 0 radical (unpaired) electrons. The van der Waals surface area contributed by atoms with Gasteiger partial charge in [-0.2, -0.15) is 0 Å². The fourth-order valence-corrected chi connectivity index (χ4v) is 2.68. The quantitative estimate of drug-likeness (QED) is 0.886. The van der Waals surface area contributed by atoms with Gasteiger partial charge in [0.15, 0.2) is 0 Å². The molecule has 0 spiro atoms. The number of aliphatic hydroxyl groups is 1. The molecule has 1 heterocycles.